The van der Waals surface area contributed by atoms with Crippen LogP contribution in [0.3, 0.4) is 0 Å². The fourth-order valence-corrected chi connectivity index (χ4v) is 1.88. The molecule has 0 bridgehead atoms. The van der Waals surface area contributed by atoms with Gasteiger partial charge in [-0.3, -0.25) is 9.59 Å². The number of carbonyl (C=O) groups is 2. The molecule has 0 unspecified atom stereocenters. The molecule has 0 aliphatic carbocycles. The number of hydrogen-bond donors (Lipinski definition) is 2. The smallest absolute Gasteiger partial charge is 0.222 e. The fraction of sp³-hybridized carbons (Fsp3) is 0.250. The van der Waals surface area contributed by atoms with Crippen molar-refractivity contribution in [2.24, 2.45) is 11.5 Å². The zero-order chi connectivity index (χ0) is 9.84. The minimum absolute atomic E-state index is 0.218. The highest BCUT2D eigenvalue weighted by Crippen LogP contribution is 2.15. The van der Waals surface area contributed by atoms with Gasteiger partial charge in [0, 0.05) is 4.88 Å². The van der Waals surface area contributed by atoms with Crippen molar-refractivity contribution in [1.29, 1.82) is 0 Å². The molecule has 0 saturated heterocycles. The Morgan fingerprint density at radius 3 is 2.38 bits per heavy atom. The van der Waals surface area contributed by atoms with Gasteiger partial charge < -0.3 is 11.5 Å². The number of nitrogens with two attached hydrogens (primary N) is 2. The molecule has 0 spiro atoms. The van der Waals surface area contributed by atoms with Crippen LogP contribution < -0.4 is 11.5 Å². The summed E-state index contributed by atoms with van der Waals surface area (Å²) in [6.07, 6.45) is 0.443. The van der Waals surface area contributed by atoms with Crippen LogP contribution in [0.4, 0.5) is 0 Å². The van der Waals surface area contributed by atoms with Crippen molar-refractivity contribution in [2.75, 3.05) is 0 Å². The first kappa shape index (κ1) is 9.73. The van der Waals surface area contributed by atoms with E-state index in [1.807, 2.05) is 5.38 Å². The van der Waals surface area contributed by atoms with Gasteiger partial charge in [-0.15, -0.1) is 11.3 Å². The van der Waals surface area contributed by atoms with Crippen molar-refractivity contribution in [1.82, 2.24) is 0 Å². The molecule has 0 radical (unpaired) electrons. The van der Waals surface area contributed by atoms with E-state index in [1.165, 1.54) is 11.3 Å². The van der Waals surface area contributed by atoms with E-state index in [-0.39, 0.29) is 24.7 Å². The largest absolute Gasteiger partial charge is 0.369 e. The van der Waals surface area contributed by atoms with Crippen LogP contribution in [-0.2, 0) is 22.4 Å². The maximum Gasteiger partial charge on any atom is 0.222 e. The lowest BCUT2D eigenvalue weighted by Crippen LogP contribution is -2.13. The number of thiophene rings is 1. The quantitative estimate of drug-likeness (QED) is 0.702. The summed E-state index contributed by atoms with van der Waals surface area (Å²) >= 11 is 1.41. The summed E-state index contributed by atoms with van der Waals surface area (Å²) < 4.78 is 0. The molecule has 5 heteroatoms. The Morgan fingerprint density at radius 2 is 1.85 bits per heavy atom. The van der Waals surface area contributed by atoms with Crippen LogP contribution in [0, 0.1) is 0 Å². The molecule has 1 aromatic rings. The monoisotopic (exact) mass is 198 g/mol. The average molecular weight is 198 g/mol. The van der Waals surface area contributed by atoms with Gasteiger partial charge in [0.1, 0.15) is 0 Å². The zero-order valence-corrected chi connectivity index (χ0v) is 7.76. The fourth-order valence-electron chi connectivity index (χ4n) is 0.984. The van der Waals surface area contributed by atoms with Crippen molar-refractivity contribution < 1.29 is 9.59 Å². The third-order valence-electron chi connectivity index (χ3n) is 1.43. The molecule has 4 N–H and O–H groups in total. The van der Waals surface area contributed by atoms with Gasteiger partial charge in [0.15, 0.2) is 0 Å². The van der Waals surface area contributed by atoms with Crippen LogP contribution in [-0.4, -0.2) is 11.8 Å². The van der Waals surface area contributed by atoms with E-state index in [4.69, 9.17) is 11.5 Å². The molecule has 1 rings (SSSR count). The maximum absolute atomic E-state index is 10.5. The first-order valence-electron chi connectivity index (χ1n) is 3.71. The first-order chi connectivity index (χ1) is 6.08. The summed E-state index contributed by atoms with van der Waals surface area (Å²) in [7, 11) is 0. The van der Waals surface area contributed by atoms with Crippen molar-refractivity contribution in [2.45, 2.75) is 12.8 Å². The van der Waals surface area contributed by atoms with E-state index in [0.717, 1.165) is 10.4 Å². The summed E-state index contributed by atoms with van der Waals surface area (Å²) in [6.45, 7) is 0. The Bertz CT molecular complexity index is 302. The molecule has 4 nitrogen and oxygen atoms in total. The molecule has 0 saturated carbocycles. The van der Waals surface area contributed by atoms with E-state index < -0.39 is 0 Å². The Labute approximate surface area is 79.5 Å². The predicted molar refractivity (Wildman–Crippen MR) is 50.1 cm³/mol. The Balaban J connectivity index is 2.63. The second-order valence-electron chi connectivity index (χ2n) is 2.71. The third kappa shape index (κ3) is 3.25. The SMILES string of the molecule is NC(=O)Cc1csc(CC(N)=O)c1. The molecule has 1 aromatic heterocycles. The molecule has 0 fully saturated rings. The van der Waals surface area contributed by atoms with E-state index in [0.29, 0.717) is 0 Å². The standard InChI is InChI=1S/C8H10N2O2S/c9-7(11)2-5-1-6(13-4-5)3-8(10)12/h1,4H,2-3H2,(H2,9,11)(H2,10,12). The van der Waals surface area contributed by atoms with E-state index >= 15 is 0 Å². The van der Waals surface area contributed by atoms with E-state index in [2.05, 4.69) is 0 Å². The van der Waals surface area contributed by atoms with E-state index in [9.17, 15) is 9.59 Å². The van der Waals surface area contributed by atoms with Crippen molar-refractivity contribution in [3.8, 4) is 0 Å². The van der Waals surface area contributed by atoms with Crippen LogP contribution in [0.2, 0.25) is 0 Å². The van der Waals surface area contributed by atoms with Gasteiger partial charge in [0.2, 0.25) is 11.8 Å². The number of primary amides is 2. The second kappa shape index (κ2) is 4.04. The number of rotatable bonds is 4. The maximum atomic E-state index is 10.5. The molecule has 0 aliphatic heterocycles. The minimum Gasteiger partial charge on any atom is -0.369 e. The van der Waals surface area contributed by atoms with Gasteiger partial charge in [-0.05, 0) is 17.0 Å². The van der Waals surface area contributed by atoms with Gasteiger partial charge >= 0.3 is 0 Å². The van der Waals surface area contributed by atoms with Crippen LogP contribution in [0.1, 0.15) is 10.4 Å². The molecule has 2 amide bonds. The molecular formula is C8H10N2O2S. The molecule has 0 aliphatic rings. The first-order valence-corrected chi connectivity index (χ1v) is 4.59. The molecular weight excluding hydrogens is 188 g/mol. The highest BCUT2D eigenvalue weighted by atomic mass is 32.1. The summed E-state index contributed by atoms with van der Waals surface area (Å²) in [5.41, 5.74) is 10.9. The molecule has 70 valence electrons. The number of carbonyl (C=O) groups excluding carboxylic acids is 2. The lowest BCUT2D eigenvalue weighted by molar-refractivity contribution is -0.118. The van der Waals surface area contributed by atoms with Gasteiger partial charge in [-0.2, -0.15) is 0 Å². The summed E-state index contributed by atoms with van der Waals surface area (Å²) in [5.74, 6) is -0.740. The molecule has 0 aromatic carbocycles. The molecule has 0 atom stereocenters. The minimum atomic E-state index is -0.372. The van der Waals surface area contributed by atoms with Crippen LogP contribution in [0.5, 0.6) is 0 Å². The van der Waals surface area contributed by atoms with Gasteiger partial charge in [-0.1, -0.05) is 0 Å². The second-order valence-corrected chi connectivity index (χ2v) is 3.70. The Hall–Kier alpha value is -1.36. The van der Waals surface area contributed by atoms with Crippen molar-refractivity contribution in [3.05, 3.63) is 21.9 Å². The molecule has 13 heavy (non-hydrogen) atoms. The predicted octanol–water partition coefficient (Wildman–Crippen LogP) is -0.196. The van der Waals surface area contributed by atoms with Gasteiger partial charge in [0.05, 0.1) is 12.8 Å². The van der Waals surface area contributed by atoms with Crippen molar-refractivity contribution >= 4 is 23.2 Å². The summed E-state index contributed by atoms with van der Waals surface area (Å²) in [4.78, 5) is 21.9. The van der Waals surface area contributed by atoms with Crippen LogP contribution >= 0.6 is 11.3 Å². The van der Waals surface area contributed by atoms with Gasteiger partial charge in [0.25, 0.3) is 0 Å². The normalized spacial score (nSPS) is 9.85. The average Bonchev–Trinajstić information content (AvgIpc) is 2.33. The highest BCUT2D eigenvalue weighted by Gasteiger charge is 2.04. The zero-order valence-electron chi connectivity index (χ0n) is 6.95. The number of hydrogen-bond acceptors (Lipinski definition) is 3. The number of amides is 2. The molecule has 1 heterocycles. The van der Waals surface area contributed by atoms with Crippen molar-refractivity contribution in [3.63, 3.8) is 0 Å². The Morgan fingerprint density at radius 1 is 1.23 bits per heavy atom. The van der Waals surface area contributed by atoms with Gasteiger partial charge in [-0.25, -0.2) is 0 Å². The topological polar surface area (TPSA) is 86.2 Å². The van der Waals surface area contributed by atoms with Crippen LogP contribution in [0.15, 0.2) is 11.4 Å². The summed E-state index contributed by atoms with van der Waals surface area (Å²) in [6, 6.07) is 1.78. The van der Waals surface area contributed by atoms with E-state index in [1.54, 1.807) is 6.07 Å². The summed E-state index contributed by atoms with van der Waals surface area (Å²) in [5, 5.41) is 1.81. The third-order valence-corrected chi connectivity index (χ3v) is 2.42. The Kier molecular flexibility index (Phi) is 3.02. The lowest BCUT2D eigenvalue weighted by atomic mass is 10.2. The van der Waals surface area contributed by atoms with Crippen LogP contribution in [0.25, 0.3) is 0 Å². The highest BCUT2D eigenvalue weighted by molar-refractivity contribution is 7.10. The lowest BCUT2D eigenvalue weighted by Gasteiger charge is -1.90.